The van der Waals surface area contributed by atoms with Crippen LogP contribution in [0, 0.1) is 5.41 Å². The standard InChI is InChI=1S/C11H17N3O3S/c1-2-11(4-3-5-11)7-14-9(17)12-13-10(14)18-6-8(15)16/h2-7H2,1H3,(H,12,17)(H,15,16). The van der Waals surface area contributed by atoms with Crippen molar-refractivity contribution < 1.29 is 9.90 Å². The number of aliphatic carboxylic acids is 1. The van der Waals surface area contributed by atoms with Crippen molar-refractivity contribution in [3.8, 4) is 0 Å². The van der Waals surface area contributed by atoms with Crippen molar-refractivity contribution in [3.63, 3.8) is 0 Å². The van der Waals surface area contributed by atoms with Crippen LogP contribution in [-0.2, 0) is 11.3 Å². The molecule has 0 spiro atoms. The Bertz CT molecular complexity index is 484. The maximum atomic E-state index is 11.7. The minimum Gasteiger partial charge on any atom is -0.481 e. The summed E-state index contributed by atoms with van der Waals surface area (Å²) in [7, 11) is 0. The van der Waals surface area contributed by atoms with Gasteiger partial charge in [0.1, 0.15) is 0 Å². The lowest BCUT2D eigenvalue weighted by molar-refractivity contribution is -0.133. The van der Waals surface area contributed by atoms with E-state index < -0.39 is 5.97 Å². The number of aromatic amines is 1. The number of carboxylic acid groups (broad SMARTS) is 1. The number of thioether (sulfide) groups is 1. The number of carboxylic acids is 1. The summed E-state index contributed by atoms with van der Waals surface area (Å²) in [6.45, 7) is 2.77. The summed E-state index contributed by atoms with van der Waals surface area (Å²) in [4.78, 5) is 22.3. The number of rotatable bonds is 6. The van der Waals surface area contributed by atoms with Crippen molar-refractivity contribution in [2.75, 3.05) is 5.75 Å². The van der Waals surface area contributed by atoms with Crippen LogP contribution < -0.4 is 5.69 Å². The minimum atomic E-state index is -0.907. The molecule has 2 rings (SSSR count). The van der Waals surface area contributed by atoms with Gasteiger partial charge in [-0.1, -0.05) is 25.1 Å². The fraction of sp³-hybridized carbons (Fsp3) is 0.727. The Morgan fingerprint density at radius 3 is 2.83 bits per heavy atom. The second-order valence-corrected chi connectivity index (χ2v) is 5.73. The van der Waals surface area contributed by atoms with Crippen LogP contribution in [-0.4, -0.2) is 31.6 Å². The summed E-state index contributed by atoms with van der Waals surface area (Å²) < 4.78 is 1.58. The predicted octanol–water partition coefficient (Wildman–Crippen LogP) is 1.33. The van der Waals surface area contributed by atoms with Gasteiger partial charge in [0.15, 0.2) is 5.16 Å². The average molecular weight is 271 g/mol. The summed E-state index contributed by atoms with van der Waals surface area (Å²) in [5.74, 6) is -0.987. The van der Waals surface area contributed by atoms with Crippen LogP contribution in [0.5, 0.6) is 0 Å². The van der Waals surface area contributed by atoms with E-state index in [0.29, 0.717) is 11.7 Å². The molecule has 1 aliphatic carbocycles. The van der Waals surface area contributed by atoms with Gasteiger partial charge in [-0.3, -0.25) is 9.36 Å². The lowest BCUT2D eigenvalue weighted by Crippen LogP contribution is -2.36. The van der Waals surface area contributed by atoms with Gasteiger partial charge in [-0.25, -0.2) is 9.89 Å². The first-order chi connectivity index (χ1) is 8.56. The molecule has 1 aromatic heterocycles. The van der Waals surface area contributed by atoms with E-state index in [0.717, 1.165) is 31.0 Å². The van der Waals surface area contributed by atoms with Crippen LogP contribution in [0.15, 0.2) is 9.95 Å². The van der Waals surface area contributed by atoms with Crippen molar-refractivity contribution in [1.29, 1.82) is 0 Å². The first kappa shape index (κ1) is 13.2. The number of aromatic nitrogens is 3. The van der Waals surface area contributed by atoms with Crippen LogP contribution >= 0.6 is 11.8 Å². The Balaban J connectivity index is 2.13. The number of nitrogens with zero attached hydrogens (tertiary/aromatic N) is 2. The molecule has 1 fully saturated rings. The van der Waals surface area contributed by atoms with E-state index in [1.165, 1.54) is 6.42 Å². The van der Waals surface area contributed by atoms with Gasteiger partial charge in [-0.15, -0.1) is 5.10 Å². The van der Waals surface area contributed by atoms with Gasteiger partial charge in [0.25, 0.3) is 0 Å². The van der Waals surface area contributed by atoms with E-state index in [1.54, 1.807) is 4.57 Å². The molecule has 6 nitrogen and oxygen atoms in total. The fourth-order valence-electron chi connectivity index (χ4n) is 2.31. The molecule has 0 radical (unpaired) electrons. The minimum absolute atomic E-state index is 0.0799. The fourth-order valence-corrected chi connectivity index (χ4v) is 2.98. The molecular weight excluding hydrogens is 254 g/mol. The molecular formula is C11H17N3O3S. The molecule has 0 bridgehead atoms. The van der Waals surface area contributed by atoms with E-state index >= 15 is 0 Å². The van der Waals surface area contributed by atoms with Gasteiger partial charge >= 0.3 is 11.7 Å². The highest BCUT2D eigenvalue weighted by molar-refractivity contribution is 7.99. The number of hydrogen-bond acceptors (Lipinski definition) is 4. The molecule has 18 heavy (non-hydrogen) atoms. The summed E-state index contributed by atoms with van der Waals surface area (Å²) in [5.41, 5.74) is -0.0470. The highest BCUT2D eigenvalue weighted by atomic mass is 32.2. The quantitative estimate of drug-likeness (QED) is 0.762. The molecule has 100 valence electrons. The van der Waals surface area contributed by atoms with Gasteiger partial charge in [0, 0.05) is 6.54 Å². The first-order valence-corrected chi connectivity index (χ1v) is 7.05. The Hall–Kier alpha value is -1.24. The molecule has 1 heterocycles. The van der Waals surface area contributed by atoms with Crippen molar-refractivity contribution in [3.05, 3.63) is 10.5 Å². The van der Waals surface area contributed by atoms with Crippen molar-refractivity contribution in [2.45, 2.75) is 44.3 Å². The van der Waals surface area contributed by atoms with Gasteiger partial charge in [0.2, 0.25) is 0 Å². The Labute approximate surface area is 109 Å². The molecule has 7 heteroatoms. The zero-order valence-corrected chi connectivity index (χ0v) is 11.1. The van der Waals surface area contributed by atoms with Gasteiger partial charge in [-0.05, 0) is 24.7 Å². The Morgan fingerprint density at radius 2 is 2.33 bits per heavy atom. The molecule has 0 aromatic carbocycles. The van der Waals surface area contributed by atoms with Gasteiger partial charge in [-0.2, -0.15) is 0 Å². The van der Waals surface area contributed by atoms with E-state index in [9.17, 15) is 9.59 Å². The third-order valence-corrected chi connectivity index (χ3v) is 4.67. The highest BCUT2D eigenvalue weighted by Gasteiger charge is 2.36. The monoisotopic (exact) mass is 271 g/mol. The van der Waals surface area contributed by atoms with Crippen molar-refractivity contribution in [2.24, 2.45) is 5.41 Å². The number of carbonyl (C=O) groups is 1. The number of H-pyrrole nitrogens is 1. The van der Waals surface area contributed by atoms with Gasteiger partial charge in [0.05, 0.1) is 5.75 Å². The van der Waals surface area contributed by atoms with E-state index in [1.807, 2.05) is 0 Å². The van der Waals surface area contributed by atoms with Crippen LogP contribution in [0.25, 0.3) is 0 Å². The molecule has 2 N–H and O–H groups in total. The van der Waals surface area contributed by atoms with Gasteiger partial charge < -0.3 is 5.11 Å². The molecule has 1 aliphatic rings. The number of hydrogen-bond donors (Lipinski definition) is 2. The summed E-state index contributed by atoms with van der Waals surface area (Å²) in [6, 6.07) is 0. The van der Waals surface area contributed by atoms with Crippen LogP contribution in [0.4, 0.5) is 0 Å². The maximum absolute atomic E-state index is 11.7. The van der Waals surface area contributed by atoms with E-state index in [4.69, 9.17) is 5.11 Å². The summed E-state index contributed by atoms with van der Waals surface area (Å²) >= 11 is 1.08. The second kappa shape index (κ2) is 5.17. The second-order valence-electron chi connectivity index (χ2n) is 4.79. The molecule has 0 atom stereocenters. The molecule has 0 amide bonds. The average Bonchev–Trinajstić information content (AvgIpc) is 2.62. The Kier molecular flexibility index (Phi) is 3.79. The smallest absolute Gasteiger partial charge is 0.343 e. The summed E-state index contributed by atoms with van der Waals surface area (Å²) in [5, 5.41) is 15.4. The topological polar surface area (TPSA) is 88.0 Å². The molecule has 0 saturated heterocycles. The van der Waals surface area contributed by atoms with Crippen molar-refractivity contribution in [1.82, 2.24) is 14.8 Å². The zero-order chi connectivity index (χ0) is 13.2. The largest absolute Gasteiger partial charge is 0.481 e. The van der Waals surface area contributed by atoms with E-state index in [-0.39, 0.29) is 16.9 Å². The van der Waals surface area contributed by atoms with Crippen LogP contribution in [0.1, 0.15) is 32.6 Å². The van der Waals surface area contributed by atoms with E-state index in [2.05, 4.69) is 17.1 Å². The lowest BCUT2D eigenvalue weighted by atomic mass is 9.67. The van der Waals surface area contributed by atoms with Crippen molar-refractivity contribution >= 4 is 17.7 Å². The molecule has 0 aliphatic heterocycles. The predicted molar refractivity (Wildman–Crippen MR) is 67.8 cm³/mol. The van der Waals surface area contributed by atoms with Crippen LogP contribution in [0.3, 0.4) is 0 Å². The third-order valence-electron chi connectivity index (χ3n) is 3.71. The molecule has 1 aromatic rings. The SMILES string of the molecule is CCC1(Cn2c(SCC(=O)O)n[nH]c2=O)CCC1. The first-order valence-electron chi connectivity index (χ1n) is 6.06. The normalized spacial score (nSPS) is 17.4. The van der Waals surface area contributed by atoms with Crippen LogP contribution in [0.2, 0.25) is 0 Å². The third kappa shape index (κ3) is 2.60. The number of nitrogens with one attached hydrogen (secondary N) is 1. The highest BCUT2D eigenvalue weighted by Crippen LogP contribution is 2.45. The molecule has 1 saturated carbocycles. The Morgan fingerprint density at radius 1 is 1.61 bits per heavy atom. The zero-order valence-electron chi connectivity index (χ0n) is 10.3. The molecule has 0 unspecified atom stereocenters. The lowest BCUT2D eigenvalue weighted by Gasteiger charge is -2.41. The maximum Gasteiger partial charge on any atom is 0.343 e. The summed E-state index contributed by atoms with van der Waals surface area (Å²) in [6.07, 6.45) is 4.50.